The summed E-state index contributed by atoms with van der Waals surface area (Å²) in [6.07, 6.45) is 13.8. The van der Waals surface area contributed by atoms with Crippen molar-refractivity contribution >= 4 is 0 Å². The third-order valence-electron chi connectivity index (χ3n) is 8.21. The summed E-state index contributed by atoms with van der Waals surface area (Å²) in [7, 11) is 0. The van der Waals surface area contributed by atoms with Crippen LogP contribution in [-0.2, 0) is 0 Å². The Morgan fingerprint density at radius 1 is 1.00 bits per heavy atom. The molecule has 2 unspecified atom stereocenters. The third kappa shape index (κ3) is 1.59. The molecule has 0 bridgehead atoms. The maximum Gasteiger partial charge on any atom is 0.0161 e. The van der Waals surface area contributed by atoms with Crippen LogP contribution in [0.25, 0.3) is 0 Å². The molecule has 1 aliphatic heterocycles. The average molecular weight is 273 g/mol. The zero-order valence-corrected chi connectivity index (χ0v) is 13.5. The first kappa shape index (κ1) is 13.4. The van der Waals surface area contributed by atoms with E-state index < -0.39 is 0 Å². The summed E-state index contributed by atoms with van der Waals surface area (Å²) < 4.78 is 0. The Hall–Kier alpha value is -0.300. The quantitative estimate of drug-likeness (QED) is 0.645. The smallest absolute Gasteiger partial charge is 0.0161 e. The molecule has 0 spiro atoms. The Morgan fingerprint density at radius 2 is 1.85 bits per heavy atom. The van der Waals surface area contributed by atoms with Gasteiger partial charge in [0, 0.05) is 18.0 Å². The van der Waals surface area contributed by atoms with Crippen molar-refractivity contribution in [2.24, 2.45) is 34.5 Å². The highest BCUT2D eigenvalue weighted by Gasteiger charge is 2.58. The number of hydrogen-bond donors (Lipinski definition) is 1. The van der Waals surface area contributed by atoms with Crippen molar-refractivity contribution in [3.05, 3.63) is 12.2 Å². The molecule has 1 nitrogen and oxygen atoms in total. The van der Waals surface area contributed by atoms with Gasteiger partial charge in [-0.25, -0.2) is 0 Å². The molecule has 0 saturated heterocycles. The lowest BCUT2D eigenvalue weighted by molar-refractivity contribution is -0.0635. The largest absolute Gasteiger partial charge is 0.310 e. The van der Waals surface area contributed by atoms with Gasteiger partial charge in [-0.05, 0) is 67.6 Å². The second-order valence-corrected chi connectivity index (χ2v) is 8.71. The first-order valence-electron chi connectivity index (χ1n) is 8.97. The lowest BCUT2D eigenvalue weighted by Crippen LogP contribution is -2.58. The van der Waals surface area contributed by atoms with E-state index in [9.17, 15) is 0 Å². The fourth-order valence-corrected chi connectivity index (χ4v) is 6.74. The van der Waals surface area contributed by atoms with Gasteiger partial charge in [0.1, 0.15) is 0 Å². The Balaban J connectivity index is 1.68. The molecule has 112 valence electrons. The second-order valence-electron chi connectivity index (χ2n) is 8.71. The summed E-state index contributed by atoms with van der Waals surface area (Å²) in [6, 6.07) is 0.747. The van der Waals surface area contributed by atoms with Crippen molar-refractivity contribution in [3.8, 4) is 0 Å². The Morgan fingerprint density at radius 3 is 2.70 bits per heavy atom. The van der Waals surface area contributed by atoms with Gasteiger partial charge in [-0.3, -0.25) is 0 Å². The molecule has 20 heavy (non-hydrogen) atoms. The fourth-order valence-electron chi connectivity index (χ4n) is 6.74. The zero-order chi connectivity index (χ0) is 14.0. The maximum atomic E-state index is 3.79. The van der Waals surface area contributed by atoms with Gasteiger partial charge < -0.3 is 5.32 Å². The van der Waals surface area contributed by atoms with Gasteiger partial charge in [-0.15, -0.1) is 0 Å². The molecule has 1 heteroatoms. The summed E-state index contributed by atoms with van der Waals surface area (Å²) in [6.45, 7) is 8.79. The third-order valence-corrected chi connectivity index (χ3v) is 8.21. The number of hydrogen-bond acceptors (Lipinski definition) is 1. The van der Waals surface area contributed by atoms with Crippen LogP contribution in [0.3, 0.4) is 0 Å². The van der Waals surface area contributed by atoms with E-state index in [0.29, 0.717) is 10.8 Å². The molecule has 4 aliphatic rings. The van der Waals surface area contributed by atoms with Crippen LogP contribution in [0.1, 0.15) is 59.3 Å². The van der Waals surface area contributed by atoms with Crippen molar-refractivity contribution in [2.75, 3.05) is 6.54 Å². The van der Waals surface area contributed by atoms with Crippen LogP contribution in [0.15, 0.2) is 12.2 Å². The monoisotopic (exact) mass is 273 g/mol. The van der Waals surface area contributed by atoms with Gasteiger partial charge in [0.25, 0.3) is 0 Å². The van der Waals surface area contributed by atoms with E-state index in [1.54, 1.807) is 0 Å². The molecular weight excluding hydrogens is 242 g/mol. The molecule has 3 aliphatic carbocycles. The summed E-state index contributed by atoms with van der Waals surface area (Å²) in [5.41, 5.74) is 1.10. The van der Waals surface area contributed by atoms with E-state index >= 15 is 0 Å². The predicted octanol–water partition coefficient (Wildman–Crippen LogP) is 4.39. The lowest BCUT2D eigenvalue weighted by atomic mass is 9.48. The van der Waals surface area contributed by atoms with Gasteiger partial charge in [0.05, 0.1) is 0 Å². The van der Waals surface area contributed by atoms with Crippen molar-refractivity contribution in [3.63, 3.8) is 0 Å². The minimum absolute atomic E-state index is 0.439. The molecule has 1 heterocycles. The van der Waals surface area contributed by atoms with E-state index in [1.165, 1.54) is 38.5 Å². The Kier molecular flexibility index (Phi) is 2.91. The van der Waals surface area contributed by atoms with Crippen molar-refractivity contribution in [2.45, 2.75) is 65.3 Å². The van der Waals surface area contributed by atoms with Gasteiger partial charge in [0.15, 0.2) is 0 Å². The van der Waals surface area contributed by atoms with Crippen LogP contribution in [-0.4, -0.2) is 12.6 Å². The summed E-state index contributed by atoms with van der Waals surface area (Å²) in [5, 5.41) is 3.79. The van der Waals surface area contributed by atoms with E-state index in [4.69, 9.17) is 0 Å². The topological polar surface area (TPSA) is 12.0 Å². The fraction of sp³-hybridized carbons (Fsp3) is 0.895. The molecule has 0 aromatic carbocycles. The van der Waals surface area contributed by atoms with E-state index in [2.05, 4.69) is 38.2 Å². The van der Waals surface area contributed by atoms with Gasteiger partial charge in [-0.1, -0.05) is 32.9 Å². The highest BCUT2D eigenvalue weighted by molar-refractivity contribution is 5.17. The van der Waals surface area contributed by atoms with Crippen LogP contribution >= 0.6 is 0 Å². The molecule has 0 amide bonds. The van der Waals surface area contributed by atoms with E-state index in [-0.39, 0.29) is 0 Å². The molecule has 0 aromatic rings. The molecule has 7 atom stereocenters. The zero-order valence-electron chi connectivity index (χ0n) is 13.5. The van der Waals surface area contributed by atoms with Crippen molar-refractivity contribution in [1.82, 2.24) is 5.32 Å². The van der Waals surface area contributed by atoms with Crippen molar-refractivity contribution < 1.29 is 0 Å². The van der Waals surface area contributed by atoms with Gasteiger partial charge >= 0.3 is 0 Å². The Bertz CT molecular complexity index is 427. The Labute approximate surface area is 124 Å². The summed E-state index contributed by atoms with van der Waals surface area (Å²) >= 11 is 0. The highest BCUT2D eigenvalue weighted by atomic mass is 14.9. The lowest BCUT2D eigenvalue weighted by Gasteiger charge is -2.59. The normalized spacial score (nSPS) is 57.9. The highest BCUT2D eigenvalue weighted by Crippen LogP contribution is 2.64. The SMILES string of the molecule is CC1CC[C@H]2[C@@H]3CCC4NCC=C[C@]4(C)[C@@H]3CC[C@]12C. The van der Waals surface area contributed by atoms with Gasteiger partial charge in [0.2, 0.25) is 0 Å². The predicted molar refractivity (Wildman–Crippen MR) is 84.5 cm³/mol. The number of rotatable bonds is 0. The van der Waals surface area contributed by atoms with Gasteiger partial charge in [-0.2, -0.15) is 0 Å². The first-order valence-corrected chi connectivity index (χ1v) is 8.97. The van der Waals surface area contributed by atoms with E-state index in [0.717, 1.165) is 36.3 Å². The molecule has 0 radical (unpaired) electrons. The molecule has 0 aromatic heterocycles. The first-order chi connectivity index (χ1) is 9.56. The summed E-state index contributed by atoms with van der Waals surface area (Å²) in [5.74, 6) is 3.92. The van der Waals surface area contributed by atoms with Crippen LogP contribution in [0.5, 0.6) is 0 Å². The number of fused-ring (bicyclic) bond motifs is 5. The molecule has 3 saturated carbocycles. The van der Waals surface area contributed by atoms with E-state index in [1.807, 2.05) is 0 Å². The minimum Gasteiger partial charge on any atom is -0.310 e. The average Bonchev–Trinajstić information content (AvgIpc) is 2.74. The van der Waals surface area contributed by atoms with Crippen LogP contribution in [0, 0.1) is 34.5 Å². The number of nitrogens with one attached hydrogen (secondary N) is 1. The van der Waals surface area contributed by atoms with Crippen LogP contribution in [0.4, 0.5) is 0 Å². The minimum atomic E-state index is 0.439. The van der Waals surface area contributed by atoms with Crippen molar-refractivity contribution in [1.29, 1.82) is 0 Å². The molecule has 3 fully saturated rings. The second kappa shape index (κ2) is 4.35. The van der Waals surface area contributed by atoms with Crippen LogP contribution in [0.2, 0.25) is 0 Å². The molecule has 1 N–H and O–H groups in total. The standard InChI is InChI=1S/C19H31N/c1-13-5-7-15-14-6-8-17-19(3,10-4-12-20-17)16(14)9-11-18(13,15)2/h4,10,13-17,20H,5-9,11-12H2,1-3H3/t13?,14-,15-,16+,17?,18+,19+/m0/s1. The van der Waals surface area contributed by atoms with Crippen LogP contribution < -0.4 is 5.32 Å². The molecular formula is C19H31N. The maximum absolute atomic E-state index is 3.79. The summed E-state index contributed by atoms with van der Waals surface area (Å²) in [4.78, 5) is 0. The molecule has 4 rings (SSSR count).